The van der Waals surface area contributed by atoms with Crippen LogP contribution in [0.1, 0.15) is 53.6 Å². The van der Waals surface area contributed by atoms with E-state index in [4.69, 9.17) is 0 Å². The van der Waals surface area contributed by atoms with E-state index in [0.717, 1.165) is 37.7 Å². The van der Waals surface area contributed by atoms with Crippen molar-refractivity contribution < 1.29 is 29.7 Å². The molecule has 2 aliphatic rings. The lowest BCUT2D eigenvalue weighted by Gasteiger charge is -2.38. The minimum atomic E-state index is -1.65. The van der Waals surface area contributed by atoms with Gasteiger partial charge in [-0.1, -0.05) is 55.7 Å². The number of rotatable bonds is 7. The molecule has 0 radical (unpaired) electrons. The van der Waals surface area contributed by atoms with E-state index in [1.54, 1.807) is 19.1 Å². The lowest BCUT2D eigenvalue weighted by atomic mass is 9.82. The summed E-state index contributed by atoms with van der Waals surface area (Å²) in [6.45, 7) is 1.61. The molecule has 8 nitrogen and oxygen atoms in total. The number of carbonyl (C=O) groups excluding carboxylic acids is 2. The standard InChI is InChI=1S/C27H32N2O6S/c1-17-19(11-8-12-21(17)30)24(32)28-20(15-18-9-4-2-5-10-18)22(31)25(33)29-16-36-27(23(29)26(34)35)13-6-3-7-14-27/h2,4-5,8-12,20,22-23,30-31H,3,6-7,13-16H2,1H3,(H,28,32)(H,34,35)/t20-,22-,23?/m0/s1. The summed E-state index contributed by atoms with van der Waals surface area (Å²) in [6.07, 6.45) is 2.83. The quantitative estimate of drug-likeness (QED) is 0.449. The second-order valence-electron chi connectivity index (χ2n) is 9.61. The first-order chi connectivity index (χ1) is 17.2. The van der Waals surface area contributed by atoms with Crippen molar-refractivity contribution in [2.45, 2.75) is 68.4 Å². The molecule has 2 amide bonds. The zero-order valence-electron chi connectivity index (χ0n) is 20.2. The third-order valence-electron chi connectivity index (χ3n) is 7.32. The Morgan fingerprint density at radius 3 is 2.44 bits per heavy atom. The van der Waals surface area contributed by atoms with Crippen LogP contribution in [0.15, 0.2) is 48.5 Å². The molecular formula is C27H32N2O6S. The number of aliphatic carboxylic acids is 1. The number of carboxylic acid groups (broad SMARTS) is 1. The van der Waals surface area contributed by atoms with Gasteiger partial charge in [-0.3, -0.25) is 9.59 Å². The number of benzene rings is 2. The summed E-state index contributed by atoms with van der Waals surface area (Å²) in [7, 11) is 0. The average molecular weight is 513 g/mol. The number of hydrogen-bond donors (Lipinski definition) is 4. The van der Waals surface area contributed by atoms with Crippen molar-refractivity contribution in [1.29, 1.82) is 0 Å². The number of nitrogens with one attached hydrogen (secondary N) is 1. The van der Waals surface area contributed by atoms with E-state index in [-0.39, 0.29) is 23.6 Å². The largest absolute Gasteiger partial charge is 0.508 e. The molecule has 1 aliphatic carbocycles. The Morgan fingerprint density at radius 2 is 1.78 bits per heavy atom. The highest BCUT2D eigenvalue weighted by Gasteiger charge is 2.55. The molecule has 1 saturated carbocycles. The smallest absolute Gasteiger partial charge is 0.327 e. The Labute approximate surface area is 214 Å². The molecule has 36 heavy (non-hydrogen) atoms. The second kappa shape index (κ2) is 10.9. The molecule has 2 aromatic carbocycles. The van der Waals surface area contributed by atoms with Crippen molar-refractivity contribution in [3.05, 3.63) is 65.2 Å². The van der Waals surface area contributed by atoms with Crippen molar-refractivity contribution in [2.24, 2.45) is 0 Å². The number of aliphatic hydroxyl groups excluding tert-OH is 1. The highest BCUT2D eigenvalue weighted by molar-refractivity contribution is 8.01. The summed E-state index contributed by atoms with van der Waals surface area (Å²) in [4.78, 5) is 40.3. The van der Waals surface area contributed by atoms with Crippen LogP contribution in [0.3, 0.4) is 0 Å². The Bertz CT molecular complexity index is 1120. The number of nitrogens with zero attached hydrogens (tertiary/aromatic N) is 1. The molecule has 4 N–H and O–H groups in total. The van der Waals surface area contributed by atoms with Gasteiger partial charge in [0.1, 0.15) is 11.8 Å². The predicted octanol–water partition coefficient (Wildman–Crippen LogP) is 3.09. The Kier molecular flexibility index (Phi) is 7.90. The monoisotopic (exact) mass is 512 g/mol. The number of phenolic OH excluding ortho intramolecular Hbond substituents is 1. The maximum absolute atomic E-state index is 13.6. The number of hydrogen-bond acceptors (Lipinski definition) is 6. The molecule has 9 heteroatoms. The summed E-state index contributed by atoms with van der Waals surface area (Å²) in [6, 6.07) is 11.7. The van der Waals surface area contributed by atoms with Crippen LogP contribution in [-0.2, 0) is 16.0 Å². The van der Waals surface area contributed by atoms with Gasteiger partial charge in [-0.2, -0.15) is 0 Å². The molecule has 2 aromatic rings. The van der Waals surface area contributed by atoms with Crippen molar-refractivity contribution in [1.82, 2.24) is 10.2 Å². The molecular weight excluding hydrogens is 480 g/mol. The van der Waals surface area contributed by atoms with Gasteiger partial charge in [-0.25, -0.2) is 4.79 Å². The van der Waals surface area contributed by atoms with Gasteiger partial charge < -0.3 is 25.5 Å². The summed E-state index contributed by atoms with van der Waals surface area (Å²) < 4.78 is -0.545. The number of phenols is 1. The van der Waals surface area contributed by atoms with E-state index in [2.05, 4.69) is 5.32 Å². The highest BCUT2D eigenvalue weighted by Crippen LogP contribution is 2.49. The van der Waals surface area contributed by atoms with Crippen LogP contribution in [0, 0.1) is 6.92 Å². The van der Waals surface area contributed by atoms with Crippen molar-refractivity contribution in [3.8, 4) is 5.75 Å². The van der Waals surface area contributed by atoms with Crippen LogP contribution in [0.25, 0.3) is 0 Å². The fraction of sp³-hybridized carbons (Fsp3) is 0.444. The lowest BCUT2D eigenvalue weighted by Crippen LogP contribution is -2.58. The van der Waals surface area contributed by atoms with Crippen molar-refractivity contribution in [3.63, 3.8) is 0 Å². The first-order valence-electron chi connectivity index (χ1n) is 12.2. The van der Waals surface area contributed by atoms with Crippen LogP contribution in [0.4, 0.5) is 0 Å². The number of carbonyl (C=O) groups is 3. The van der Waals surface area contributed by atoms with Crippen LogP contribution >= 0.6 is 11.8 Å². The Hall–Kier alpha value is -3.04. The summed E-state index contributed by atoms with van der Waals surface area (Å²) in [5.41, 5.74) is 1.42. The zero-order chi connectivity index (χ0) is 25.9. The van der Waals surface area contributed by atoms with E-state index in [1.807, 2.05) is 30.3 Å². The predicted molar refractivity (Wildman–Crippen MR) is 137 cm³/mol. The van der Waals surface area contributed by atoms with Gasteiger partial charge in [0.05, 0.1) is 11.9 Å². The summed E-state index contributed by atoms with van der Waals surface area (Å²) in [5, 5.41) is 34.1. The van der Waals surface area contributed by atoms with Crippen molar-refractivity contribution >= 4 is 29.5 Å². The molecule has 3 atom stereocenters. The third-order valence-corrected chi connectivity index (χ3v) is 8.93. The number of aliphatic hydroxyl groups is 1. The fourth-order valence-electron chi connectivity index (χ4n) is 5.32. The number of amides is 2. The van der Waals surface area contributed by atoms with Gasteiger partial charge in [-0.05, 0) is 43.9 Å². The normalized spacial score (nSPS) is 20.6. The topological polar surface area (TPSA) is 127 Å². The van der Waals surface area contributed by atoms with Gasteiger partial charge in [-0.15, -0.1) is 11.8 Å². The molecule has 0 aromatic heterocycles. The van der Waals surface area contributed by atoms with E-state index in [9.17, 15) is 29.7 Å². The number of thioether (sulfide) groups is 1. The molecule has 2 fully saturated rings. The average Bonchev–Trinajstić information content (AvgIpc) is 3.23. The van der Waals surface area contributed by atoms with Crippen LogP contribution in [0.2, 0.25) is 0 Å². The maximum atomic E-state index is 13.6. The molecule has 1 spiro atoms. The third kappa shape index (κ3) is 5.22. The highest BCUT2D eigenvalue weighted by atomic mass is 32.2. The van der Waals surface area contributed by atoms with E-state index < -0.39 is 40.7 Å². The first kappa shape index (κ1) is 26.0. The van der Waals surface area contributed by atoms with Gasteiger partial charge >= 0.3 is 5.97 Å². The SMILES string of the molecule is Cc1c(O)cccc1C(=O)N[C@@H](Cc1ccccc1)[C@H](O)C(=O)N1CSC2(CCCCC2)C1C(=O)O. The molecule has 1 saturated heterocycles. The second-order valence-corrected chi connectivity index (χ2v) is 11.0. The lowest BCUT2D eigenvalue weighted by molar-refractivity contribution is -0.154. The number of carboxylic acids is 1. The van der Waals surface area contributed by atoms with E-state index >= 15 is 0 Å². The molecule has 1 heterocycles. The number of aromatic hydroxyl groups is 1. The van der Waals surface area contributed by atoms with Crippen LogP contribution < -0.4 is 5.32 Å². The van der Waals surface area contributed by atoms with Gasteiger partial charge in [0.25, 0.3) is 11.8 Å². The summed E-state index contributed by atoms with van der Waals surface area (Å²) in [5.74, 6) is -2.15. The van der Waals surface area contributed by atoms with E-state index in [1.165, 1.54) is 22.7 Å². The fourth-order valence-corrected chi connectivity index (χ4v) is 6.96. The minimum absolute atomic E-state index is 0.0324. The molecule has 192 valence electrons. The molecule has 4 rings (SSSR count). The Morgan fingerprint density at radius 1 is 1.08 bits per heavy atom. The van der Waals surface area contributed by atoms with Crippen LogP contribution in [-0.4, -0.2) is 66.8 Å². The van der Waals surface area contributed by atoms with Gasteiger partial charge in [0, 0.05) is 15.9 Å². The maximum Gasteiger partial charge on any atom is 0.327 e. The van der Waals surface area contributed by atoms with E-state index in [0.29, 0.717) is 5.56 Å². The van der Waals surface area contributed by atoms with Crippen molar-refractivity contribution in [2.75, 3.05) is 5.88 Å². The Balaban J connectivity index is 1.59. The van der Waals surface area contributed by atoms with Gasteiger partial charge in [0.15, 0.2) is 6.10 Å². The molecule has 1 unspecified atom stereocenters. The summed E-state index contributed by atoms with van der Waals surface area (Å²) >= 11 is 1.48. The van der Waals surface area contributed by atoms with Crippen LogP contribution in [0.5, 0.6) is 5.75 Å². The molecule has 0 bridgehead atoms. The zero-order valence-corrected chi connectivity index (χ0v) is 21.0. The first-order valence-corrected chi connectivity index (χ1v) is 13.2. The molecule has 1 aliphatic heterocycles. The minimum Gasteiger partial charge on any atom is -0.508 e. The van der Waals surface area contributed by atoms with Gasteiger partial charge in [0.2, 0.25) is 0 Å².